The molecule has 0 saturated heterocycles. The molecule has 5 nitrogen and oxygen atoms in total. The van der Waals surface area contributed by atoms with E-state index in [1.165, 1.54) is 11.1 Å². The lowest BCUT2D eigenvalue weighted by atomic mass is 10.1. The monoisotopic (exact) mass is 412 g/mol. The zero-order chi connectivity index (χ0) is 21.2. The lowest BCUT2D eigenvalue weighted by Crippen LogP contribution is -1.98. The summed E-state index contributed by atoms with van der Waals surface area (Å²) in [5, 5.41) is 4.20. The molecule has 4 aromatic rings. The molecule has 0 amide bonds. The van der Waals surface area contributed by atoms with Crippen molar-refractivity contribution in [2.45, 2.75) is 31.8 Å². The molecule has 0 bridgehead atoms. The maximum atomic E-state index is 5.97. The Morgan fingerprint density at radius 1 is 0.935 bits per heavy atom. The smallest absolute Gasteiger partial charge is 0.230 e. The number of benzene rings is 3. The van der Waals surface area contributed by atoms with E-state index in [1.807, 2.05) is 24.3 Å². The third-order valence-electron chi connectivity index (χ3n) is 5.71. The highest BCUT2D eigenvalue weighted by Crippen LogP contribution is 2.54. The van der Waals surface area contributed by atoms with Crippen LogP contribution in [0.15, 0.2) is 77.3 Å². The van der Waals surface area contributed by atoms with Gasteiger partial charge in [0, 0.05) is 11.5 Å². The van der Waals surface area contributed by atoms with Crippen LogP contribution in [0.5, 0.6) is 11.5 Å². The van der Waals surface area contributed by atoms with Crippen molar-refractivity contribution in [3.8, 4) is 22.9 Å². The fraction of sp³-hybridized carbons (Fsp3) is 0.231. The standard InChI is InChI=1S/C26H24N2O3/c1-17-8-10-18(11-9-17)16-30-23-13-12-20(14-24(23)29-2)25-27-26(31-28-25)22-15-21(22)19-6-4-3-5-7-19/h3-14,21-22H,15-16H2,1-2H3/t21-,22-/m0/s1. The molecule has 1 heterocycles. The van der Waals surface area contributed by atoms with Crippen LogP contribution in [0.4, 0.5) is 0 Å². The molecule has 2 atom stereocenters. The predicted octanol–water partition coefficient (Wildman–Crippen LogP) is 5.90. The molecule has 1 aliphatic rings. The van der Waals surface area contributed by atoms with Gasteiger partial charge >= 0.3 is 0 Å². The normalized spacial score (nSPS) is 17.4. The van der Waals surface area contributed by atoms with Gasteiger partial charge in [0.05, 0.1) is 7.11 Å². The van der Waals surface area contributed by atoms with Gasteiger partial charge in [0.25, 0.3) is 0 Å². The molecule has 1 aliphatic carbocycles. The molecule has 1 saturated carbocycles. The molecular formula is C26H24N2O3. The highest BCUT2D eigenvalue weighted by molar-refractivity contribution is 5.60. The van der Waals surface area contributed by atoms with Gasteiger partial charge in [-0.2, -0.15) is 4.98 Å². The number of hydrogen-bond donors (Lipinski definition) is 0. The van der Waals surface area contributed by atoms with E-state index in [2.05, 4.69) is 65.6 Å². The Bertz CT molecular complexity index is 1170. The van der Waals surface area contributed by atoms with E-state index >= 15 is 0 Å². The van der Waals surface area contributed by atoms with E-state index in [-0.39, 0.29) is 0 Å². The number of methoxy groups -OCH3 is 1. The SMILES string of the molecule is COc1cc(-c2noc([C@H]3C[C@H]3c3ccccc3)n2)ccc1OCc1ccc(C)cc1. The van der Waals surface area contributed by atoms with Gasteiger partial charge in [-0.05, 0) is 48.6 Å². The van der Waals surface area contributed by atoms with E-state index in [0.717, 1.165) is 17.5 Å². The zero-order valence-electron chi connectivity index (χ0n) is 17.6. The van der Waals surface area contributed by atoms with Crippen molar-refractivity contribution in [2.75, 3.05) is 7.11 Å². The quantitative estimate of drug-likeness (QED) is 0.378. The average molecular weight is 412 g/mol. The molecule has 3 aromatic carbocycles. The summed E-state index contributed by atoms with van der Waals surface area (Å²) in [6.07, 6.45) is 1.04. The number of hydrogen-bond acceptors (Lipinski definition) is 5. The Morgan fingerprint density at radius 3 is 2.52 bits per heavy atom. The summed E-state index contributed by atoms with van der Waals surface area (Å²) in [5.74, 6) is 3.34. The molecule has 5 rings (SSSR count). The molecule has 1 fully saturated rings. The summed E-state index contributed by atoms with van der Waals surface area (Å²) < 4.78 is 17.1. The summed E-state index contributed by atoms with van der Waals surface area (Å²) >= 11 is 0. The van der Waals surface area contributed by atoms with Crippen LogP contribution in [0.3, 0.4) is 0 Å². The van der Waals surface area contributed by atoms with Gasteiger partial charge in [0.15, 0.2) is 11.5 Å². The first-order valence-corrected chi connectivity index (χ1v) is 10.5. The molecule has 0 unspecified atom stereocenters. The maximum Gasteiger partial charge on any atom is 0.230 e. The highest BCUT2D eigenvalue weighted by atomic mass is 16.5. The fourth-order valence-electron chi connectivity index (χ4n) is 3.81. The summed E-state index contributed by atoms with van der Waals surface area (Å²) in [5.41, 5.74) is 4.50. The second-order valence-electron chi connectivity index (χ2n) is 7.96. The number of nitrogens with zero attached hydrogens (tertiary/aromatic N) is 2. The van der Waals surface area contributed by atoms with Crippen LogP contribution >= 0.6 is 0 Å². The Kier molecular flexibility index (Phi) is 5.16. The Morgan fingerprint density at radius 2 is 1.74 bits per heavy atom. The third-order valence-corrected chi connectivity index (χ3v) is 5.71. The largest absolute Gasteiger partial charge is 0.493 e. The third kappa shape index (κ3) is 4.17. The first-order valence-electron chi connectivity index (χ1n) is 10.5. The average Bonchev–Trinajstić information content (AvgIpc) is 3.47. The van der Waals surface area contributed by atoms with Crippen molar-refractivity contribution in [3.05, 3.63) is 95.4 Å². The van der Waals surface area contributed by atoms with Crippen LogP contribution in [0.25, 0.3) is 11.4 Å². The minimum absolute atomic E-state index is 0.294. The highest BCUT2D eigenvalue weighted by Gasteiger charge is 2.43. The number of ether oxygens (including phenoxy) is 2. The molecule has 0 radical (unpaired) electrons. The molecule has 0 N–H and O–H groups in total. The Hall–Kier alpha value is -3.60. The minimum atomic E-state index is 0.294. The first kappa shape index (κ1) is 19.4. The van der Waals surface area contributed by atoms with Crippen molar-refractivity contribution in [2.24, 2.45) is 0 Å². The van der Waals surface area contributed by atoms with Crippen LogP contribution < -0.4 is 9.47 Å². The topological polar surface area (TPSA) is 57.4 Å². The lowest BCUT2D eigenvalue weighted by Gasteiger charge is -2.11. The van der Waals surface area contributed by atoms with Gasteiger partial charge < -0.3 is 14.0 Å². The second-order valence-corrected chi connectivity index (χ2v) is 7.96. The van der Waals surface area contributed by atoms with E-state index < -0.39 is 0 Å². The van der Waals surface area contributed by atoms with Crippen LogP contribution in [0.2, 0.25) is 0 Å². The van der Waals surface area contributed by atoms with Crippen molar-refractivity contribution >= 4 is 0 Å². The van der Waals surface area contributed by atoms with E-state index in [0.29, 0.717) is 41.7 Å². The molecule has 0 aliphatic heterocycles. The Balaban J connectivity index is 1.29. The van der Waals surface area contributed by atoms with Gasteiger partial charge in [0.2, 0.25) is 11.7 Å². The van der Waals surface area contributed by atoms with Gasteiger partial charge in [-0.3, -0.25) is 0 Å². The molecule has 1 aromatic heterocycles. The summed E-state index contributed by atoms with van der Waals surface area (Å²) in [4.78, 5) is 4.65. The van der Waals surface area contributed by atoms with Gasteiger partial charge in [-0.15, -0.1) is 0 Å². The minimum Gasteiger partial charge on any atom is -0.493 e. The lowest BCUT2D eigenvalue weighted by molar-refractivity contribution is 0.284. The fourth-order valence-corrected chi connectivity index (χ4v) is 3.81. The second kappa shape index (κ2) is 8.26. The summed E-state index contributed by atoms with van der Waals surface area (Å²) in [7, 11) is 1.63. The van der Waals surface area contributed by atoms with Crippen molar-refractivity contribution in [3.63, 3.8) is 0 Å². The molecule has 156 valence electrons. The van der Waals surface area contributed by atoms with Crippen LogP contribution in [0, 0.1) is 6.92 Å². The van der Waals surface area contributed by atoms with E-state index in [1.54, 1.807) is 7.11 Å². The maximum absolute atomic E-state index is 5.97. The molecule has 31 heavy (non-hydrogen) atoms. The summed E-state index contributed by atoms with van der Waals surface area (Å²) in [6.45, 7) is 2.55. The summed E-state index contributed by atoms with van der Waals surface area (Å²) in [6, 6.07) is 24.5. The van der Waals surface area contributed by atoms with Crippen LogP contribution in [-0.2, 0) is 6.61 Å². The van der Waals surface area contributed by atoms with Crippen molar-refractivity contribution in [1.29, 1.82) is 0 Å². The first-order chi connectivity index (χ1) is 15.2. The molecular weight excluding hydrogens is 388 g/mol. The number of rotatable bonds is 7. The zero-order valence-corrected chi connectivity index (χ0v) is 17.6. The van der Waals surface area contributed by atoms with E-state index in [9.17, 15) is 0 Å². The Labute approximate surface area is 181 Å². The van der Waals surface area contributed by atoms with Crippen molar-refractivity contribution < 1.29 is 14.0 Å². The van der Waals surface area contributed by atoms with Crippen LogP contribution in [0.1, 0.15) is 40.8 Å². The van der Waals surface area contributed by atoms with Crippen molar-refractivity contribution in [1.82, 2.24) is 10.1 Å². The van der Waals surface area contributed by atoms with E-state index in [4.69, 9.17) is 14.0 Å². The molecule has 0 spiro atoms. The number of aromatic nitrogens is 2. The predicted molar refractivity (Wildman–Crippen MR) is 118 cm³/mol. The molecule has 5 heteroatoms. The van der Waals surface area contributed by atoms with Crippen LogP contribution in [-0.4, -0.2) is 17.3 Å². The van der Waals surface area contributed by atoms with Gasteiger partial charge in [0.1, 0.15) is 6.61 Å². The van der Waals surface area contributed by atoms with Gasteiger partial charge in [-0.25, -0.2) is 0 Å². The van der Waals surface area contributed by atoms with Gasteiger partial charge in [-0.1, -0.05) is 65.3 Å². The number of aryl methyl sites for hydroxylation is 1.